The number of esters is 1. The maximum atomic E-state index is 11.1. The minimum absolute atomic E-state index is 0.118. The zero-order chi connectivity index (χ0) is 13.4. The fourth-order valence-electron chi connectivity index (χ4n) is 2.13. The Morgan fingerprint density at radius 3 is 2.44 bits per heavy atom. The summed E-state index contributed by atoms with van der Waals surface area (Å²) in [5, 5.41) is 0. The molecule has 1 heterocycles. The van der Waals surface area contributed by atoms with E-state index in [2.05, 4.69) is 33.4 Å². The smallest absolute Gasteiger partial charge is 0.306 e. The van der Waals surface area contributed by atoms with E-state index < -0.39 is 0 Å². The van der Waals surface area contributed by atoms with Crippen LogP contribution in [0.2, 0.25) is 0 Å². The van der Waals surface area contributed by atoms with E-state index in [1.165, 1.54) is 7.11 Å². The van der Waals surface area contributed by atoms with Gasteiger partial charge in [-0.2, -0.15) is 0 Å². The van der Waals surface area contributed by atoms with Crippen LogP contribution in [0.15, 0.2) is 0 Å². The van der Waals surface area contributed by atoms with Crippen molar-refractivity contribution in [3.05, 3.63) is 0 Å². The van der Waals surface area contributed by atoms with Crippen molar-refractivity contribution in [1.82, 2.24) is 14.7 Å². The first-order chi connectivity index (χ1) is 8.65. The molecule has 0 saturated carbocycles. The average molecular weight is 257 g/mol. The predicted molar refractivity (Wildman–Crippen MR) is 72.7 cm³/mol. The van der Waals surface area contributed by atoms with Crippen molar-refractivity contribution in [2.75, 3.05) is 66.5 Å². The van der Waals surface area contributed by atoms with Crippen molar-refractivity contribution in [3.63, 3.8) is 0 Å². The lowest BCUT2D eigenvalue weighted by Crippen LogP contribution is -2.47. The molecule has 1 aliphatic rings. The van der Waals surface area contributed by atoms with Crippen LogP contribution in [-0.2, 0) is 9.53 Å². The van der Waals surface area contributed by atoms with Crippen molar-refractivity contribution in [1.29, 1.82) is 0 Å². The maximum absolute atomic E-state index is 11.1. The van der Waals surface area contributed by atoms with Crippen LogP contribution in [0.1, 0.15) is 13.3 Å². The molecule has 0 spiro atoms. The van der Waals surface area contributed by atoms with Crippen LogP contribution in [0.25, 0.3) is 0 Å². The predicted octanol–water partition coefficient (Wildman–Crippen LogP) is 0.119. The van der Waals surface area contributed by atoms with E-state index in [1.807, 2.05) is 0 Å². The molecule has 5 nitrogen and oxygen atoms in total. The molecule has 0 bridgehead atoms. The first kappa shape index (κ1) is 15.4. The van der Waals surface area contributed by atoms with Crippen molar-refractivity contribution in [3.8, 4) is 0 Å². The number of carbonyl (C=O) groups excluding carboxylic acids is 1. The van der Waals surface area contributed by atoms with Gasteiger partial charge in [-0.1, -0.05) is 6.92 Å². The molecule has 0 N–H and O–H groups in total. The van der Waals surface area contributed by atoms with E-state index in [0.29, 0.717) is 6.42 Å². The Balaban J connectivity index is 2.16. The highest BCUT2D eigenvalue weighted by molar-refractivity contribution is 5.69. The highest BCUT2D eigenvalue weighted by Crippen LogP contribution is 2.00. The Kier molecular flexibility index (Phi) is 7.23. The number of hydrogen-bond acceptors (Lipinski definition) is 5. The number of hydrogen-bond donors (Lipinski definition) is 0. The number of nitrogens with zero attached hydrogens (tertiary/aromatic N) is 3. The summed E-state index contributed by atoms with van der Waals surface area (Å²) in [6, 6.07) is 0. The van der Waals surface area contributed by atoms with Gasteiger partial charge in [0, 0.05) is 45.8 Å². The topological polar surface area (TPSA) is 36.0 Å². The summed E-state index contributed by atoms with van der Waals surface area (Å²) >= 11 is 0. The van der Waals surface area contributed by atoms with Crippen LogP contribution >= 0.6 is 0 Å². The Bertz CT molecular complexity index is 240. The van der Waals surface area contributed by atoms with Gasteiger partial charge < -0.3 is 14.5 Å². The molecule has 1 fully saturated rings. The molecule has 5 heteroatoms. The van der Waals surface area contributed by atoms with Crippen LogP contribution in [0.3, 0.4) is 0 Å². The number of carbonyl (C=O) groups is 1. The Morgan fingerprint density at radius 2 is 1.89 bits per heavy atom. The third kappa shape index (κ3) is 5.80. The molecule has 1 aliphatic heterocycles. The normalized spacial score (nSPS) is 18.2. The van der Waals surface area contributed by atoms with Crippen LogP contribution < -0.4 is 0 Å². The molecule has 0 aliphatic carbocycles. The van der Waals surface area contributed by atoms with Crippen LogP contribution in [0, 0.1) is 0 Å². The van der Waals surface area contributed by atoms with E-state index in [0.717, 1.165) is 52.4 Å². The van der Waals surface area contributed by atoms with E-state index in [1.54, 1.807) is 0 Å². The molecule has 0 radical (unpaired) electrons. The van der Waals surface area contributed by atoms with Gasteiger partial charge in [0.1, 0.15) is 0 Å². The zero-order valence-corrected chi connectivity index (χ0v) is 12.0. The van der Waals surface area contributed by atoms with Gasteiger partial charge in [-0.25, -0.2) is 0 Å². The quantitative estimate of drug-likeness (QED) is 0.605. The molecule has 1 rings (SSSR count). The molecule has 0 atom stereocenters. The van der Waals surface area contributed by atoms with Crippen molar-refractivity contribution in [2.45, 2.75) is 13.3 Å². The lowest BCUT2D eigenvalue weighted by atomic mass is 10.3. The van der Waals surface area contributed by atoms with Gasteiger partial charge in [0.25, 0.3) is 0 Å². The number of likely N-dealkylation sites (N-methyl/N-ethyl adjacent to an activating group) is 2. The third-order valence-electron chi connectivity index (χ3n) is 3.64. The molecule has 0 aromatic carbocycles. The minimum Gasteiger partial charge on any atom is -0.469 e. The van der Waals surface area contributed by atoms with E-state index >= 15 is 0 Å². The average Bonchev–Trinajstić information content (AvgIpc) is 2.40. The minimum atomic E-state index is -0.118. The number of ether oxygens (including phenoxy) is 1. The first-order valence-corrected chi connectivity index (χ1v) is 6.85. The summed E-state index contributed by atoms with van der Waals surface area (Å²) in [7, 11) is 3.62. The molecular weight excluding hydrogens is 230 g/mol. The van der Waals surface area contributed by atoms with E-state index in [-0.39, 0.29) is 5.97 Å². The summed E-state index contributed by atoms with van der Waals surface area (Å²) in [6.45, 7) is 10.7. The third-order valence-corrected chi connectivity index (χ3v) is 3.64. The first-order valence-electron chi connectivity index (χ1n) is 6.85. The fraction of sp³-hybridized carbons (Fsp3) is 0.923. The largest absolute Gasteiger partial charge is 0.469 e. The molecular formula is C13H27N3O2. The van der Waals surface area contributed by atoms with Crippen LogP contribution in [-0.4, -0.2) is 87.2 Å². The van der Waals surface area contributed by atoms with Crippen molar-refractivity contribution >= 4 is 5.97 Å². The van der Waals surface area contributed by atoms with Gasteiger partial charge in [-0.15, -0.1) is 0 Å². The fourth-order valence-corrected chi connectivity index (χ4v) is 2.13. The van der Waals surface area contributed by atoms with Gasteiger partial charge in [-0.05, 0) is 13.6 Å². The second-order valence-electron chi connectivity index (χ2n) is 4.91. The monoisotopic (exact) mass is 257 g/mol. The molecule has 1 saturated heterocycles. The van der Waals surface area contributed by atoms with Gasteiger partial charge in [-0.3, -0.25) is 9.69 Å². The Labute approximate surface area is 111 Å². The SMILES string of the molecule is CCN(CCC(=O)OC)CCN1CCN(C)CC1. The molecule has 0 aromatic rings. The van der Waals surface area contributed by atoms with Gasteiger partial charge >= 0.3 is 5.97 Å². The van der Waals surface area contributed by atoms with Gasteiger partial charge in [0.2, 0.25) is 0 Å². The van der Waals surface area contributed by atoms with Crippen LogP contribution in [0.4, 0.5) is 0 Å². The summed E-state index contributed by atoms with van der Waals surface area (Å²) in [5.41, 5.74) is 0. The van der Waals surface area contributed by atoms with E-state index in [4.69, 9.17) is 0 Å². The lowest BCUT2D eigenvalue weighted by molar-refractivity contribution is -0.141. The molecule has 0 unspecified atom stereocenters. The number of methoxy groups -OCH3 is 1. The molecule has 0 amide bonds. The standard InChI is InChI=1S/C13H27N3O2/c1-4-15(6-5-13(17)18-3)11-12-16-9-7-14(2)8-10-16/h4-12H2,1-3H3. The van der Waals surface area contributed by atoms with Gasteiger partial charge in [0.15, 0.2) is 0 Å². The highest BCUT2D eigenvalue weighted by Gasteiger charge is 2.14. The maximum Gasteiger partial charge on any atom is 0.306 e. The zero-order valence-electron chi connectivity index (χ0n) is 12.0. The number of rotatable bonds is 7. The summed E-state index contributed by atoms with van der Waals surface area (Å²) in [6.07, 6.45) is 0.493. The van der Waals surface area contributed by atoms with Gasteiger partial charge in [0.05, 0.1) is 13.5 Å². The molecule has 106 valence electrons. The molecule has 18 heavy (non-hydrogen) atoms. The summed E-state index contributed by atoms with van der Waals surface area (Å²) in [4.78, 5) is 18.3. The number of piperazine rings is 1. The second-order valence-corrected chi connectivity index (χ2v) is 4.91. The van der Waals surface area contributed by atoms with Crippen molar-refractivity contribution < 1.29 is 9.53 Å². The Hall–Kier alpha value is -0.650. The molecule has 0 aromatic heterocycles. The second kappa shape index (κ2) is 8.45. The Morgan fingerprint density at radius 1 is 1.22 bits per heavy atom. The van der Waals surface area contributed by atoms with Crippen molar-refractivity contribution in [2.24, 2.45) is 0 Å². The van der Waals surface area contributed by atoms with Crippen LogP contribution in [0.5, 0.6) is 0 Å². The van der Waals surface area contributed by atoms with E-state index in [9.17, 15) is 4.79 Å². The summed E-state index contributed by atoms with van der Waals surface area (Å²) < 4.78 is 4.67. The highest BCUT2D eigenvalue weighted by atomic mass is 16.5. The summed E-state index contributed by atoms with van der Waals surface area (Å²) in [5.74, 6) is -0.118. The lowest BCUT2D eigenvalue weighted by Gasteiger charge is -2.33.